The number of hydrogen-bond acceptors (Lipinski definition) is 13. The number of rotatable bonds is 9. The van der Waals surface area contributed by atoms with Crippen molar-refractivity contribution in [2.24, 2.45) is 5.92 Å². The molecule has 0 amide bonds. The fraction of sp³-hybridized carbons (Fsp3) is 0.556. The van der Waals surface area contributed by atoms with Crippen molar-refractivity contribution < 1.29 is 64.2 Å². The molecule has 0 aromatic heterocycles. The molecule has 0 spiro atoms. The molecular formula is C27H36O13. The second-order valence-corrected chi connectivity index (χ2v) is 9.73. The van der Waals surface area contributed by atoms with Crippen LogP contribution >= 0.6 is 0 Å². The Hall–Kier alpha value is -3.04. The monoisotopic (exact) mass is 568 g/mol. The SMILES string of the molecule is COc1cc([C@H]2c3c(cc(OC)c(O)c3OC)C[C@@H](CO)[C@@H]2O[C@@H]2O[C@H](CO)[C@@H](O)[C@H](O)[C@H]2O)cc(OC)c1O. The van der Waals surface area contributed by atoms with E-state index in [-0.39, 0.29) is 47.5 Å². The van der Waals surface area contributed by atoms with Crippen LogP contribution in [-0.4, -0.2) is 114 Å². The Balaban J connectivity index is 1.93. The van der Waals surface area contributed by atoms with E-state index in [2.05, 4.69) is 0 Å². The van der Waals surface area contributed by atoms with Crippen molar-refractivity contribution in [3.05, 3.63) is 34.9 Å². The first kappa shape index (κ1) is 29.9. The number of benzene rings is 2. The van der Waals surface area contributed by atoms with E-state index in [1.54, 1.807) is 6.07 Å². The summed E-state index contributed by atoms with van der Waals surface area (Å²) in [5.74, 6) is -1.64. The number of aromatic hydroxyl groups is 2. The van der Waals surface area contributed by atoms with E-state index in [1.807, 2.05) is 0 Å². The molecule has 13 nitrogen and oxygen atoms in total. The minimum atomic E-state index is -1.70. The number of ether oxygens (including phenoxy) is 6. The number of aliphatic hydroxyl groups is 5. The third-order valence-electron chi connectivity index (χ3n) is 7.59. The Kier molecular flexibility index (Phi) is 9.15. The minimum absolute atomic E-state index is 0.0733. The molecular weight excluding hydrogens is 532 g/mol. The van der Waals surface area contributed by atoms with Crippen molar-refractivity contribution in [1.29, 1.82) is 0 Å². The number of aliphatic hydroxyl groups excluding tert-OH is 5. The fourth-order valence-corrected chi connectivity index (χ4v) is 5.54. The quantitative estimate of drug-likeness (QED) is 0.207. The Bertz CT molecular complexity index is 1160. The van der Waals surface area contributed by atoms with Crippen LogP contribution in [0.15, 0.2) is 18.2 Å². The number of fused-ring (bicyclic) bond motifs is 1. The van der Waals surface area contributed by atoms with Crippen molar-refractivity contribution in [3.8, 4) is 34.5 Å². The lowest BCUT2D eigenvalue weighted by Crippen LogP contribution is -2.60. The maximum absolute atomic E-state index is 11.0. The van der Waals surface area contributed by atoms with E-state index < -0.39 is 55.3 Å². The van der Waals surface area contributed by atoms with Crippen LogP contribution in [0.4, 0.5) is 0 Å². The number of phenols is 2. The van der Waals surface area contributed by atoms with E-state index in [0.717, 1.165) is 0 Å². The third kappa shape index (κ3) is 5.09. The molecule has 7 N–H and O–H groups in total. The van der Waals surface area contributed by atoms with Gasteiger partial charge in [0.2, 0.25) is 11.5 Å². The second-order valence-electron chi connectivity index (χ2n) is 9.73. The molecule has 4 rings (SSSR count). The number of phenolic OH excluding ortho intramolecular Hbond substituents is 2. The van der Waals surface area contributed by atoms with Crippen molar-refractivity contribution in [2.75, 3.05) is 41.7 Å². The molecule has 2 aromatic rings. The molecule has 8 atom stereocenters. The lowest BCUT2D eigenvalue weighted by atomic mass is 9.71. The zero-order valence-electron chi connectivity index (χ0n) is 22.6. The molecule has 0 bridgehead atoms. The Morgan fingerprint density at radius 3 is 1.90 bits per heavy atom. The topological polar surface area (TPSA) is 197 Å². The highest BCUT2D eigenvalue weighted by Crippen LogP contribution is 2.53. The summed E-state index contributed by atoms with van der Waals surface area (Å²) in [7, 11) is 5.49. The zero-order valence-corrected chi connectivity index (χ0v) is 22.6. The summed E-state index contributed by atoms with van der Waals surface area (Å²) in [6.45, 7) is -1.03. The summed E-state index contributed by atoms with van der Waals surface area (Å²) in [5.41, 5.74) is 1.59. The molecule has 0 unspecified atom stereocenters. The van der Waals surface area contributed by atoms with Crippen LogP contribution in [0.1, 0.15) is 22.6 Å². The lowest BCUT2D eigenvalue weighted by molar-refractivity contribution is -0.317. The fourth-order valence-electron chi connectivity index (χ4n) is 5.54. The maximum Gasteiger partial charge on any atom is 0.201 e. The molecule has 2 aromatic carbocycles. The van der Waals surface area contributed by atoms with E-state index in [1.165, 1.54) is 40.6 Å². The van der Waals surface area contributed by atoms with Crippen LogP contribution in [0.3, 0.4) is 0 Å². The Morgan fingerprint density at radius 2 is 1.38 bits per heavy atom. The standard InChI is InChI=1S/C27H36O13/c1-35-14-7-12(8-15(36-2)20(14)30)18-19-11(6-16(37-3)22(32)26(19)38-4)5-13(9-28)25(18)40-27-24(34)23(33)21(31)17(10-29)39-27/h6-8,13,17-18,21,23-25,27-34H,5,9-10H2,1-4H3/t13-,17+,18-,21+,23-,24+,25-,27-/m0/s1. The van der Waals surface area contributed by atoms with Gasteiger partial charge in [-0.1, -0.05) is 0 Å². The number of methoxy groups -OCH3 is 4. The molecule has 222 valence electrons. The minimum Gasteiger partial charge on any atom is -0.502 e. The van der Waals surface area contributed by atoms with Gasteiger partial charge in [-0.2, -0.15) is 0 Å². The normalized spacial score (nSPS) is 29.9. The summed E-state index contributed by atoms with van der Waals surface area (Å²) in [6.07, 6.45) is -8.49. The van der Waals surface area contributed by atoms with Gasteiger partial charge in [-0.05, 0) is 35.7 Å². The van der Waals surface area contributed by atoms with Gasteiger partial charge in [0.1, 0.15) is 24.4 Å². The molecule has 1 aliphatic carbocycles. The van der Waals surface area contributed by atoms with Crippen LogP contribution < -0.4 is 18.9 Å². The van der Waals surface area contributed by atoms with Crippen molar-refractivity contribution in [3.63, 3.8) is 0 Å². The molecule has 40 heavy (non-hydrogen) atoms. The zero-order chi connectivity index (χ0) is 29.3. The second kappa shape index (κ2) is 12.2. The first-order valence-electron chi connectivity index (χ1n) is 12.6. The van der Waals surface area contributed by atoms with E-state index >= 15 is 0 Å². The van der Waals surface area contributed by atoms with Crippen LogP contribution in [-0.2, 0) is 15.9 Å². The molecule has 1 fully saturated rings. The van der Waals surface area contributed by atoms with Gasteiger partial charge in [0.05, 0.1) is 41.2 Å². The highest BCUT2D eigenvalue weighted by Gasteiger charge is 2.49. The van der Waals surface area contributed by atoms with Crippen molar-refractivity contribution in [1.82, 2.24) is 0 Å². The maximum atomic E-state index is 11.0. The van der Waals surface area contributed by atoms with Gasteiger partial charge in [0.15, 0.2) is 29.3 Å². The summed E-state index contributed by atoms with van der Waals surface area (Å²) in [6, 6.07) is 4.70. The van der Waals surface area contributed by atoms with Crippen LogP contribution in [0.25, 0.3) is 0 Å². The van der Waals surface area contributed by atoms with E-state index in [4.69, 9.17) is 28.4 Å². The highest BCUT2D eigenvalue weighted by atomic mass is 16.7. The predicted octanol–water partition coefficient (Wildman–Crippen LogP) is -0.386. The van der Waals surface area contributed by atoms with Crippen molar-refractivity contribution in [2.45, 2.75) is 49.1 Å². The molecule has 1 aliphatic heterocycles. The average Bonchev–Trinajstić information content (AvgIpc) is 2.96. The predicted molar refractivity (Wildman–Crippen MR) is 137 cm³/mol. The van der Waals surface area contributed by atoms with Gasteiger partial charge in [-0.3, -0.25) is 0 Å². The molecule has 1 heterocycles. The summed E-state index contributed by atoms with van der Waals surface area (Å²) in [4.78, 5) is 0. The Morgan fingerprint density at radius 1 is 0.775 bits per heavy atom. The summed E-state index contributed by atoms with van der Waals surface area (Å²) < 4.78 is 33.6. The van der Waals surface area contributed by atoms with Gasteiger partial charge in [-0.15, -0.1) is 0 Å². The van der Waals surface area contributed by atoms with E-state index in [9.17, 15) is 35.7 Å². The van der Waals surface area contributed by atoms with Gasteiger partial charge in [0, 0.05) is 24.0 Å². The molecule has 1 saturated heterocycles. The Labute approximate surface area is 230 Å². The van der Waals surface area contributed by atoms with Crippen LogP contribution in [0, 0.1) is 5.92 Å². The third-order valence-corrected chi connectivity index (χ3v) is 7.59. The van der Waals surface area contributed by atoms with Crippen LogP contribution in [0.2, 0.25) is 0 Å². The van der Waals surface area contributed by atoms with Gasteiger partial charge in [-0.25, -0.2) is 0 Å². The summed E-state index contributed by atoms with van der Waals surface area (Å²) >= 11 is 0. The van der Waals surface area contributed by atoms with Gasteiger partial charge >= 0.3 is 0 Å². The molecule has 2 aliphatic rings. The largest absolute Gasteiger partial charge is 0.502 e. The molecule has 13 heteroatoms. The first-order valence-corrected chi connectivity index (χ1v) is 12.6. The molecule has 0 radical (unpaired) electrons. The van der Waals surface area contributed by atoms with Crippen molar-refractivity contribution >= 4 is 0 Å². The highest BCUT2D eigenvalue weighted by molar-refractivity contribution is 5.64. The number of hydrogen-bond donors (Lipinski definition) is 7. The van der Waals surface area contributed by atoms with E-state index in [0.29, 0.717) is 16.7 Å². The molecule has 0 saturated carbocycles. The smallest absolute Gasteiger partial charge is 0.201 e. The van der Waals surface area contributed by atoms with Gasteiger partial charge < -0.3 is 64.2 Å². The lowest BCUT2D eigenvalue weighted by Gasteiger charge is -2.45. The van der Waals surface area contributed by atoms with Gasteiger partial charge in [0.25, 0.3) is 0 Å². The van der Waals surface area contributed by atoms with Crippen LogP contribution in [0.5, 0.6) is 34.5 Å². The average molecular weight is 569 g/mol. The summed E-state index contributed by atoms with van der Waals surface area (Å²) in [5, 5.41) is 73.0. The first-order chi connectivity index (χ1) is 19.1.